The van der Waals surface area contributed by atoms with E-state index < -0.39 is 24.5 Å². The van der Waals surface area contributed by atoms with Gasteiger partial charge >= 0.3 is 11.9 Å². The lowest BCUT2D eigenvalue weighted by molar-refractivity contribution is -0.119. The van der Waals surface area contributed by atoms with Crippen molar-refractivity contribution >= 4 is 35.1 Å². The number of aromatic amines is 1. The van der Waals surface area contributed by atoms with Crippen LogP contribution in [-0.2, 0) is 14.3 Å². The Morgan fingerprint density at radius 1 is 1.22 bits per heavy atom. The van der Waals surface area contributed by atoms with Crippen molar-refractivity contribution in [1.82, 2.24) is 4.98 Å². The van der Waals surface area contributed by atoms with Crippen LogP contribution in [0.5, 0.6) is 0 Å². The summed E-state index contributed by atoms with van der Waals surface area (Å²) in [5.74, 6) is -1.89. The van der Waals surface area contributed by atoms with E-state index in [2.05, 4.69) is 15.0 Å². The van der Waals surface area contributed by atoms with Gasteiger partial charge in [-0.1, -0.05) is 23.7 Å². The van der Waals surface area contributed by atoms with Crippen LogP contribution in [0.15, 0.2) is 36.5 Å². The summed E-state index contributed by atoms with van der Waals surface area (Å²) in [6.45, 7) is -0.509. The fourth-order valence-corrected chi connectivity index (χ4v) is 1.92. The van der Waals surface area contributed by atoms with Crippen molar-refractivity contribution in [2.24, 2.45) is 0 Å². The first kappa shape index (κ1) is 16.6. The zero-order chi connectivity index (χ0) is 16.8. The van der Waals surface area contributed by atoms with Crippen molar-refractivity contribution in [3.8, 4) is 0 Å². The van der Waals surface area contributed by atoms with Crippen LogP contribution >= 0.6 is 11.6 Å². The van der Waals surface area contributed by atoms with E-state index in [0.717, 1.165) is 0 Å². The third kappa shape index (κ3) is 4.33. The molecular formula is C15H13ClN2O5. The number of rotatable bonds is 5. The topological polar surface area (TPSA) is 97.5 Å². The van der Waals surface area contributed by atoms with E-state index in [1.165, 1.54) is 31.5 Å². The molecule has 0 bridgehead atoms. The van der Waals surface area contributed by atoms with Crippen molar-refractivity contribution in [3.63, 3.8) is 0 Å². The highest BCUT2D eigenvalue weighted by Crippen LogP contribution is 2.16. The molecule has 2 N–H and O–H groups in total. The summed E-state index contributed by atoms with van der Waals surface area (Å²) in [5, 5.41) is 2.84. The number of para-hydroxylation sites is 1. The first-order valence-corrected chi connectivity index (χ1v) is 6.87. The van der Waals surface area contributed by atoms with Gasteiger partial charge in [0.05, 0.1) is 23.4 Å². The van der Waals surface area contributed by atoms with Crippen molar-refractivity contribution in [1.29, 1.82) is 0 Å². The Morgan fingerprint density at radius 2 is 1.96 bits per heavy atom. The van der Waals surface area contributed by atoms with Gasteiger partial charge in [0, 0.05) is 6.20 Å². The number of carbonyl (C=O) groups is 3. The number of amides is 1. The Kier molecular flexibility index (Phi) is 5.37. The molecule has 0 aliphatic heterocycles. The highest BCUT2D eigenvalue weighted by molar-refractivity contribution is 6.30. The maximum atomic E-state index is 11.8. The summed E-state index contributed by atoms with van der Waals surface area (Å²) in [6.07, 6.45) is 1.42. The number of ether oxygens (including phenoxy) is 2. The van der Waals surface area contributed by atoms with E-state index in [-0.39, 0.29) is 16.9 Å². The smallest absolute Gasteiger partial charge is 0.355 e. The van der Waals surface area contributed by atoms with Gasteiger partial charge in [0.2, 0.25) is 0 Å². The largest absolute Gasteiger partial charge is 0.465 e. The quantitative estimate of drug-likeness (QED) is 0.816. The fraction of sp³-hybridized carbons (Fsp3) is 0.133. The molecule has 0 aliphatic carbocycles. The van der Waals surface area contributed by atoms with E-state index >= 15 is 0 Å². The number of carbonyl (C=O) groups excluding carboxylic acids is 3. The van der Waals surface area contributed by atoms with Gasteiger partial charge in [0.25, 0.3) is 5.91 Å². The van der Waals surface area contributed by atoms with Crippen LogP contribution in [0.1, 0.15) is 20.8 Å². The SMILES string of the molecule is COC(=O)c1ccccc1NC(=O)COC(=O)c1cc(Cl)c[nH]1. The zero-order valence-corrected chi connectivity index (χ0v) is 12.8. The predicted molar refractivity (Wildman–Crippen MR) is 82.5 cm³/mol. The molecule has 7 nitrogen and oxygen atoms in total. The van der Waals surface area contributed by atoms with Gasteiger partial charge in [-0.3, -0.25) is 4.79 Å². The molecule has 0 saturated carbocycles. The minimum Gasteiger partial charge on any atom is -0.465 e. The number of H-pyrrole nitrogens is 1. The fourth-order valence-electron chi connectivity index (χ4n) is 1.76. The van der Waals surface area contributed by atoms with Gasteiger partial charge in [0.15, 0.2) is 6.61 Å². The van der Waals surface area contributed by atoms with Gasteiger partial charge < -0.3 is 19.8 Å². The number of anilines is 1. The third-order valence-electron chi connectivity index (χ3n) is 2.81. The second-order valence-corrected chi connectivity index (χ2v) is 4.83. The van der Waals surface area contributed by atoms with Crippen molar-refractivity contribution in [3.05, 3.63) is 52.8 Å². The molecular weight excluding hydrogens is 324 g/mol. The lowest BCUT2D eigenvalue weighted by atomic mass is 10.2. The van der Waals surface area contributed by atoms with Crippen LogP contribution in [0.2, 0.25) is 5.02 Å². The Morgan fingerprint density at radius 3 is 2.61 bits per heavy atom. The molecule has 0 aliphatic rings. The minimum atomic E-state index is -0.715. The molecule has 2 rings (SSSR count). The van der Waals surface area contributed by atoms with Crippen LogP contribution in [0, 0.1) is 0 Å². The van der Waals surface area contributed by atoms with Crippen LogP contribution < -0.4 is 5.32 Å². The van der Waals surface area contributed by atoms with Crippen LogP contribution in [0.4, 0.5) is 5.69 Å². The van der Waals surface area contributed by atoms with Crippen molar-refractivity contribution < 1.29 is 23.9 Å². The molecule has 1 aromatic heterocycles. The molecule has 23 heavy (non-hydrogen) atoms. The Bertz CT molecular complexity index is 741. The summed E-state index contributed by atoms with van der Waals surface area (Å²) in [7, 11) is 1.24. The molecule has 1 amide bonds. The third-order valence-corrected chi connectivity index (χ3v) is 3.03. The van der Waals surface area contributed by atoms with E-state index in [9.17, 15) is 14.4 Å². The zero-order valence-electron chi connectivity index (χ0n) is 12.1. The van der Waals surface area contributed by atoms with Gasteiger partial charge in [-0.15, -0.1) is 0 Å². The van der Waals surface area contributed by atoms with Crippen LogP contribution in [-0.4, -0.2) is 36.5 Å². The highest BCUT2D eigenvalue weighted by Gasteiger charge is 2.15. The molecule has 120 valence electrons. The van der Waals surface area contributed by atoms with E-state index in [1.807, 2.05) is 0 Å². The summed E-state index contributed by atoms with van der Waals surface area (Å²) in [4.78, 5) is 37.7. The molecule has 0 unspecified atom stereocenters. The lowest BCUT2D eigenvalue weighted by Crippen LogP contribution is -2.22. The standard InChI is InChI=1S/C15H13ClN2O5/c1-22-14(20)10-4-2-3-5-11(10)18-13(19)8-23-15(21)12-6-9(16)7-17-12/h2-7,17H,8H2,1H3,(H,18,19). The van der Waals surface area contributed by atoms with E-state index in [4.69, 9.17) is 16.3 Å². The van der Waals surface area contributed by atoms with Gasteiger partial charge in [-0.2, -0.15) is 0 Å². The van der Waals surface area contributed by atoms with Crippen molar-refractivity contribution in [2.45, 2.75) is 0 Å². The predicted octanol–water partition coefficient (Wildman–Crippen LogP) is 2.25. The number of aromatic nitrogens is 1. The average molecular weight is 337 g/mol. The van der Waals surface area contributed by atoms with Gasteiger partial charge in [0.1, 0.15) is 5.69 Å². The second kappa shape index (κ2) is 7.46. The van der Waals surface area contributed by atoms with Crippen molar-refractivity contribution in [2.75, 3.05) is 19.0 Å². The summed E-state index contributed by atoms with van der Waals surface area (Å²) in [6, 6.07) is 7.71. The number of esters is 2. The Balaban J connectivity index is 1.95. The maximum absolute atomic E-state index is 11.8. The molecule has 1 heterocycles. The number of halogens is 1. The second-order valence-electron chi connectivity index (χ2n) is 4.39. The highest BCUT2D eigenvalue weighted by atomic mass is 35.5. The number of hydrogen-bond acceptors (Lipinski definition) is 5. The average Bonchev–Trinajstić information content (AvgIpc) is 2.99. The molecule has 1 aromatic carbocycles. The molecule has 0 atom stereocenters. The normalized spacial score (nSPS) is 10.0. The maximum Gasteiger partial charge on any atom is 0.355 e. The lowest BCUT2D eigenvalue weighted by Gasteiger charge is -2.09. The Labute approximate surface area is 136 Å². The van der Waals surface area contributed by atoms with Gasteiger partial charge in [-0.25, -0.2) is 9.59 Å². The number of methoxy groups -OCH3 is 1. The summed E-state index contributed by atoms with van der Waals surface area (Å²) >= 11 is 5.67. The van der Waals surface area contributed by atoms with E-state index in [1.54, 1.807) is 12.1 Å². The van der Waals surface area contributed by atoms with Gasteiger partial charge in [-0.05, 0) is 18.2 Å². The monoisotopic (exact) mass is 336 g/mol. The minimum absolute atomic E-state index is 0.137. The first-order chi connectivity index (χ1) is 11.0. The molecule has 0 radical (unpaired) electrons. The van der Waals surface area contributed by atoms with Crippen LogP contribution in [0.25, 0.3) is 0 Å². The number of benzene rings is 1. The number of nitrogens with one attached hydrogen (secondary N) is 2. The molecule has 0 fully saturated rings. The summed E-state index contributed by atoms with van der Waals surface area (Å²) in [5.41, 5.74) is 0.604. The summed E-state index contributed by atoms with van der Waals surface area (Å²) < 4.78 is 9.47. The Hall–Kier alpha value is -2.80. The molecule has 0 spiro atoms. The van der Waals surface area contributed by atoms with E-state index in [0.29, 0.717) is 5.02 Å². The molecule has 8 heteroatoms. The van der Waals surface area contributed by atoms with Crippen LogP contribution in [0.3, 0.4) is 0 Å². The molecule has 2 aromatic rings. The first-order valence-electron chi connectivity index (χ1n) is 6.49. The molecule has 0 saturated heterocycles. The number of hydrogen-bond donors (Lipinski definition) is 2.